The Morgan fingerprint density at radius 1 is 1.60 bits per heavy atom. The van der Waals surface area contributed by atoms with Gasteiger partial charge in [0.15, 0.2) is 0 Å². The third kappa shape index (κ3) is 3.61. The fourth-order valence-corrected chi connectivity index (χ4v) is 2.27. The number of hydrogen-bond donors (Lipinski definition) is 3. The van der Waals surface area contributed by atoms with Crippen molar-refractivity contribution in [3.05, 3.63) is 23.8 Å². The topological polar surface area (TPSA) is 87.8 Å². The normalized spacial score (nSPS) is 19.8. The molecule has 0 amide bonds. The lowest BCUT2D eigenvalue weighted by Crippen LogP contribution is -2.45. The van der Waals surface area contributed by atoms with Gasteiger partial charge in [0.1, 0.15) is 0 Å². The highest BCUT2D eigenvalue weighted by Crippen LogP contribution is 2.18. The third-order valence-electron chi connectivity index (χ3n) is 3.49. The van der Waals surface area contributed by atoms with Gasteiger partial charge in [0.05, 0.1) is 18.3 Å². The monoisotopic (exact) mass is 279 g/mol. The van der Waals surface area contributed by atoms with Gasteiger partial charge in [-0.15, -0.1) is 0 Å². The maximum absolute atomic E-state index is 11.0. The van der Waals surface area contributed by atoms with Crippen LogP contribution in [-0.4, -0.2) is 54.9 Å². The highest BCUT2D eigenvalue weighted by Gasteiger charge is 2.19. The summed E-state index contributed by atoms with van der Waals surface area (Å²) in [5, 5.41) is 12.2. The summed E-state index contributed by atoms with van der Waals surface area (Å²) in [7, 11) is 0. The molecule has 0 saturated carbocycles. The first-order chi connectivity index (χ1) is 9.60. The molecule has 1 aromatic carbocycles. The van der Waals surface area contributed by atoms with Crippen molar-refractivity contribution in [2.45, 2.75) is 13.0 Å². The van der Waals surface area contributed by atoms with E-state index in [1.165, 1.54) is 0 Å². The first-order valence-corrected chi connectivity index (χ1v) is 6.80. The van der Waals surface area contributed by atoms with E-state index in [1.807, 2.05) is 0 Å². The zero-order valence-electron chi connectivity index (χ0n) is 11.6. The quantitative estimate of drug-likeness (QED) is 0.700. The van der Waals surface area contributed by atoms with E-state index in [2.05, 4.69) is 17.1 Å². The van der Waals surface area contributed by atoms with Crippen molar-refractivity contribution in [3.8, 4) is 0 Å². The molecule has 1 unspecified atom stereocenters. The minimum absolute atomic E-state index is 0.120. The van der Waals surface area contributed by atoms with E-state index >= 15 is 0 Å². The second-order valence-corrected chi connectivity index (χ2v) is 4.87. The number of nitrogen functional groups attached to an aromatic ring is 1. The van der Waals surface area contributed by atoms with Crippen molar-refractivity contribution in [1.82, 2.24) is 4.90 Å². The molecule has 6 heteroatoms. The Kier molecular flexibility index (Phi) is 4.81. The van der Waals surface area contributed by atoms with E-state index in [-0.39, 0.29) is 17.4 Å². The smallest absolute Gasteiger partial charge is 0.337 e. The van der Waals surface area contributed by atoms with E-state index in [4.69, 9.17) is 15.6 Å². The fraction of sp³-hybridized carbons (Fsp3) is 0.500. The molecule has 0 bridgehead atoms. The van der Waals surface area contributed by atoms with Gasteiger partial charge in [-0.3, -0.25) is 4.90 Å². The molecule has 0 aromatic heterocycles. The van der Waals surface area contributed by atoms with Crippen LogP contribution in [0.5, 0.6) is 0 Å². The van der Waals surface area contributed by atoms with Crippen molar-refractivity contribution in [1.29, 1.82) is 0 Å². The maximum atomic E-state index is 11.0. The summed E-state index contributed by atoms with van der Waals surface area (Å²) in [6.07, 6.45) is 0.120. The van der Waals surface area contributed by atoms with Crippen molar-refractivity contribution >= 4 is 17.3 Å². The zero-order valence-corrected chi connectivity index (χ0v) is 11.6. The van der Waals surface area contributed by atoms with Crippen LogP contribution in [0.2, 0.25) is 0 Å². The SMILES string of the molecule is CCN1CCOC(CNc2ccc(N)c(C(=O)O)c2)C1. The van der Waals surface area contributed by atoms with Gasteiger partial charge in [-0.05, 0) is 24.7 Å². The number of anilines is 2. The number of ether oxygens (including phenoxy) is 1. The number of likely N-dealkylation sites (N-methyl/N-ethyl adjacent to an activating group) is 1. The average Bonchev–Trinajstić information content (AvgIpc) is 2.46. The van der Waals surface area contributed by atoms with Crippen LogP contribution < -0.4 is 11.1 Å². The van der Waals surface area contributed by atoms with Crippen molar-refractivity contribution in [2.75, 3.05) is 43.8 Å². The molecule has 1 saturated heterocycles. The average molecular weight is 279 g/mol. The van der Waals surface area contributed by atoms with Crippen LogP contribution in [0.25, 0.3) is 0 Å². The molecule has 6 nitrogen and oxygen atoms in total. The molecule has 110 valence electrons. The van der Waals surface area contributed by atoms with Crippen LogP contribution in [0.4, 0.5) is 11.4 Å². The molecule has 2 rings (SSSR count). The first-order valence-electron chi connectivity index (χ1n) is 6.80. The number of benzene rings is 1. The number of nitrogens with two attached hydrogens (primary N) is 1. The van der Waals surface area contributed by atoms with Gasteiger partial charge in [-0.1, -0.05) is 6.92 Å². The van der Waals surface area contributed by atoms with Gasteiger partial charge >= 0.3 is 5.97 Å². The Morgan fingerprint density at radius 2 is 2.40 bits per heavy atom. The number of aromatic carboxylic acids is 1. The summed E-state index contributed by atoms with van der Waals surface area (Å²) < 4.78 is 5.69. The minimum Gasteiger partial charge on any atom is -0.478 e. The first kappa shape index (κ1) is 14.6. The van der Waals surface area contributed by atoms with Crippen molar-refractivity contribution in [2.24, 2.45) is 0 Å². The Hall–Kier alpha value is -1.79. The second-order valence-electron chi connectivity index (χ2n) is 4.87. The number of morpholine rings is 1. The molecule has 1 aliphatic rings. The standard InChI is InChI=1S/C14H21N3O3/c1-2-17-5-6-20-11(9-17)8-16-10-3-4-13(15)12(7-10)14(18)19/h3-4,7,11,16H,2,5-6,8-9,15H2,1H3,(H,18,19). The van der Waals surface area contributed by atoms with Crippen molar-refractivity contribution in [3.63, 3.8) is 0 Å². The van der Waals surface area contributed by atoms with Gasteiger partial charge in [-0.2, -0.15) is 0 Å². The summed E-state index contributed by atoms with van der Waals surface area (Å²) in [5.41, 5.74) is 6.76. The summed E-state index contributed by atoms with van der Waals surface area (Å²) in [6.45, 7) is 6.41. The summed E-state index contributed by atoms with van der Waals surface area (Å²) in [5.74, 6) is -1.02. The zero-order chi connectivity index (χ0) is 14.5. The second kappa shape index (κ2) is 6.58. The Bertz CT molecular complexity index is 479. The van der Waals surface area contributed by atoms with Gasteiger partial charge in [-0.25, -0.2) is 4.79 Å². The largest absolute Gasteiger partial charge is 0.478 e. The molecule has 4 N–H and O–H groups in total. The Morgan fingerprint density at radius 3 is 3.10 bits per heavy atom. The number of hydrogen-bond acceptors (Lipinski definition) is 5. The molecule has 1 fully saturated rings. The molecule has 1 heterocycles. The molecular weight excluding hydrogens is 258 g/mol. The number of rotatable bonds is 5. The predicted octanol–water partition coefficient (Wildman–Crippen LogP) is 1.10. The number of carbonyl (C=O) groups is 1. The summed E-state index contributed by atoms with van der Waals surface area (Å²) in [6, 6.07) is 4.94. The lowest BCUT2D eigenvalue weighted by atomic mass is 10.1. The van der Waals surface area contributed by atoms with Crippen LogP contribution in [0.3, 0.4) is 0 Å². The Balaban J connectivity index is 1.93. The third-order valence-corrected chi connectivity index (χ3v) is 3.49. The molecular formula is C14H21N3O3. The van der Waals surface area contributed by atoms with Crippen LogP contribution in [-0.2, 0) is 4.74 Å². The van der Waals surface area contributed by atoms with Crippen LogP contribution in [0.15, 0.2) is 18.2 Å². The molecule has 1 aromatic rings. The highest BCUT2D eigenvalue weighted by atomic mass is 16.5. The minimum atomic E-state index is -1.02. The fourth-order valence-electron chi connectivity index (χ4n) is 2.27. The predicted molar refractivity (Wildman–Crippen MR) is 78.2 cm³/mol. The Labute approximate surface area is 118 Å². The molecule has 1 atom stereocenters. The lowest BCUT2D eigenvalue weighted by Gasteiger charge is -2.32. The van der Waals surface area contributed by atoms with Crippen molar-refractivity contribution < 1.29 is 14.6 Å². The van der Waals surface area contributed by atoms with Crippen LogP contribution in [0, 0.1) is 0 Å². The van der Waals surface area contributed by atoms with Gasteiger partial charge in [0.2, 0.25) is 0 Å². The summed E-state index contributed by atoms with van der Waals surface area (Å²) >= 11 is 0. The van der Waals surface area contributed by atoms with E-state index in [1.54, 1.807) is 18.2 Å². The highest BCUT2D eigenvalue weighted by molar-refractivity contribution is 5.94. The van der Waals surface area contributed by atoms with Crippen LogP contribution in [0.1, 0.15) is 17.3 Å². The lowest BCUT2D eigenvalue weighted by molar-refractivity contribution is -0.0191. The molecule has 1 aliphatic heterocycles. The molecule has 0 aliphatic carbocycles. The van der Waals surface area contributed by atoms with E-state index < -0.39 is 5.97 Å². The molecule has 0 spiro atoms. The number of nitrogens with one attached hydrogen (secondary N) is 1. The van der Waals surface area contributed by atoms with E-state index in [0.717, 1.165) is 31.9 Å². The summed E-state index contributed by atoms with van der Waals surface area (Å²) in [4.78, 5) is 13.4. The van der Waals surface area contributed by atoms with Gasteiger partial charge < -0.3 is 20.9 Å². The number of carboxylic acids is 1. The molecule has 0 radical (unpaired) electrons. The van der Waals surface area contributed by atoms with Crippen LogP contribution >= 0.6 is 0 Å². The van der Waals surface area contributed by atoms with E-state index in [0.29, 0.717) is 6.54 Å². The number of carboxylic acid groups (broad SMARTS) is 1. The van der Waals surface area contributed by atoms with Gasteiger partial charge in [0.25, 0.3) is 0 Å². The van der Waals surface area contributed by atoms with E-state index in [9.17, 15) is 4.79 Å². The van der Waals surface area contributed by atoms with Gasteiger partial charge in [0, 0.05) is 31.0 Å². The number of nitrogens with zero attached hydrogens (tertiary/aromatic N) is 1. The maximum Gasteiger partial charge on any atom is 0.337 e. The molecule has 20 heavy (non-hydrogen) atoms.